The molecular weight excluding hydrogens is 326 g/mol. The Bertz CT molecular complexity index is 785. The van der Waals surface area contributed by atoms with Crippen LogP contribution in [0.5, 0.6) is 5.75 Å². The van der Waals surface area contributed by atoms with Gasteiger partial charge in [0.15, 0.2) is 0 Å². The van der Waals surface area contributed by atoms with Crippen LogP contribution in [0.25, 0.3) is 10.8 Å². The summed E-state index contributed by atoms with van der Waals surface area (Å²) in [5, 5.41) is 2.35. The minimum Gasteiger partial charge on any atom is -0.486 e. The molecule has 21 heavy (non-hydrogen) atoms. The predicted molar refractivity (Wildman–Crippen MR) is 91.5 cm³/mol. The van der Waals surface area contributed by atoms with Crippen LogP contribution in [0.4, 0.5) is 5.69 Å². The average molecular weight is 342 g/mol. The number of benzene rings is 3. The molecule has 0 heterocycles. The van der Waals surface area contributed by atoms with Gasteiger partial charge in [0.1, 0.15) is 11.9 Å². The van der Waals surface area contributed by atoms with E-state index in [1.165, 1.54) is 5.39 Å². The maximum absolute atomic E-state index is 6.03. The van der Waals surface area contributed by atoms with E-state index in [0.717, 1.165) is 26.9 Å². The van der Waals surface area contributed by atoms with E-state index in [-0.39, 0.29) is 6.10 Å². The predicted octanol–water partition coefficient (Wildman–Crippen LogP) is 5.32. The van der Waals surface area contributed by atoms with E-state index in [1.54, 1.807) is 0 Å². The van der Waals surface area contributed by atoms with Gasteiger partial charge in [0.25, 0.3) is 0 Å². The molecule has 2 nitrogen and oxygen atoms in total. The molecule has 0 amide bonds. The summed E-state index contributed by atoms with van der Waals surface area (Å²) in [4.78, 5) is 0. The SMILES string of the molecule is CC(Oc1ccc2cc(Br)ccc2c1)c1cccc(N)c1. The molecule has 0 aliphatic heterocycles. The summed E-state index contributed by atoms with van der Waals surface area (Å²) in [5.74, 6) is 0.861. The maximum Gasteiger partial charge on any atom is 0.121 e. The molecule has 106 valence electrons. The van der Waals surface area contributed by atoms with Gasteiger partial charge in [0, 0.05) is 10.2 Å². The highest BCUT2D eigenvalue weighted by atomic mass is 79.9. The summed E-state index contributed by atoms with van der Waals surface area (Å²) in [6.45, 7) is 2.03. The Labute approximate surface area is 132 Å². The first kappa shape index (κ1) is 14.0. The van der Waals surface area contributed by atoms with Crippen LogP contribution in [-0.4, -0.2) is 0 Å². The van der Waals surface area contributed by atoms with Gasteiger partial charge in [0.2, 0.25) is 0 Å². The zero-order chi connectivity index (χ0) is 14.8. The third-order valence-corrected chi connectivity index (χ3v) is 3.96. The minimum atomic E-state index is -0.0404. The first-order valence-electron chi connectivity index (χ1n) is 6.83. The highest BCUT2D eigenvalue weighted by molar-refractivity contribution is 9.10. The summed E-state index contributed by atoms with van der Waals surface area (Å²) in [5.41, 5.74) is 7.65. The van der Waals surface area contributed by atoms with Crippen LogP contribution in [0, 0.1) is 0 Å². The fraction of sp³-hybridized carbons (Fsp3) is 0.111. The van der Waals surface area contributed by atoms with Gasteiger partial charge < -0.3 is 10.5 Å². The minimum absolute atomic E-state index is 0.0404. The van der Waals surface area contributed by atoms with Crippen LogP contribution < -0.4 is 10.5 Å². The lowest BCUT2D eigenvalue weighted by Crippen LogP contribution is -2.03. The second-order valence-corrected chi connectivity index (χ2v) is 6.00. The molecular formula is C18H16BrNO. The fourth-order valence-corrected chi connectivity index (χ4v) is 2.73. The molecule has 3 aromatic carbocycles. The first-order chi connectivity index (χ1) is 10.1. The van der Waals surface area contributed by atoms with Crippen molar-refractivity contribution in [3.63, 3.8) is 0 Å². The lowest BCUT2D eigenvalue weighted by atomic mass is 10.1. The van der Waals surface area contributed by atoms with E-state index in [2.05, 4.69) is 40.2 Å². The van der Waals surface area contributed by atoms with E-state index < -0.39 is 0 Å². The van der Waals surface area contributed by atoms with E-state index in [9.17, 15) is 0 Å². The molecule has 3 heteroatoms. The molecule has 0 fully saturated rings. The van der Waals surface area contributed by atoms with Crippen molar-refractivity contribution in [1.82, 2.24) is 0 Å². The molecule has 0 saturated carbocycles. The summed E-state index contributed by atoms with van der Waals surface area (Å²) >= 11 is 3.49. The molecule has 0 spiro atoms. The van der Waals surface area contributed by atoms with Gasteiger partial charge in [-0.3, -0.25) is 0 Å². The molecule has 0 bridgehead atoms. The second kappa shape index (κ2) is 5.78. The molecule has 0 aliphatic carbocycles. The van der Waals surface area contributed by atoms with Crippen LogP contribution in [0.3, 0.4) is 0 Å². The highest BCUT2D eigenvalue weighted by Gasteiger charge is 2.08. The normalized spacial score (nSPS) is 12.3. The lowest BCUT2D eigenvalue weighted by molar-refractivity contribution is 0.227. The molecule has 0 aliphatic rings. The number of halogens is 1. The number of nitrogens with two attached hydrogens (primary N) is 1. The van der Waals surface area contributed by atoms with E-state index in [0.29, 0.717) is 0 Å². The van der Waals surface area contributed by atoms with Gasteiger partial charge in [-0.15, -0.1) is 0 Å². The Morgan fingerprint density at radius 2 is 1.71 bits per heavy atom. The highest BCUT2D eigenvalue weighted by Crippen LogP contribution is 2.27. The largest absolute Gasteiger partial charge is 0.486 e. The monoisotopic (exact) mass is 341 g/mol. The Balaban J connectivity index is 1.86. The summed E-state index contributed by atoms with van der Waals surface area (Å²) < 4.78 is 7.11. The average Bonchev–Trinajstić information content (AvgIpc) is 2.47. The fourth-order valence-electron chi connectivity index (χ4n) is 2.35. The zero-order valence-corrected chi connectivity index (χ0v) is 13.3. The quantitative estimate of drug-likeness (QED) is 0.654. The van der Waals surface area contributed by atoms with Crippen LogP contribution in [0.1, 0.15) is 18.6 Å². The summed E-state index contributed by atoms with van der Waals surface area (Å²) in [6.07, 6.45) is -0.0404. The van der Waals surface area contributed by atoms with Gasteiger partial charge in [-0.05, 0) is 59.7 Å². The van der Waals surface area contributed by atoms with Gasteiger partial charge in [-0.25, -0.2) is 0 Å². The molecule has 0 saturated heterocycles. The van der Waals surface area contributed by atoms with Gasteiger partial charge in [-0.2, -0.15) is 0 Å². The molecule has 1 unspecified atom stereocenters. The Kier molecular flexibility index (Phi) is 3.84. The van der Waals surface area contributed by atoms with Crippen molar-refractivity contribution in [3.8, 4) is 5.75 Å². The first-order valence-corrected chi connectivity index (χ1v) is 7.62. The van der Waals surface area contributed by atoms with Crippen molar-refractivity contribution in [2.45, 2.75) is 13.0 Å². The van der Waals surface area contributed by atoms with Gasteiger partial charge >= 0.3 is 0 Å². The Morgan fingerprint density at radius 3 is 2.52 bits per heavy atom. The van der Waals surface area contributed by atoms with Crippen molar-refractivity contribution >= 4 is 32.4 Å². The number of fused-ring (bicyclic) bond motifs is 1. The molecule has 3 rings (SSSR count). The van der Waals surface area contributed by atoms with Crippen LogP contribution >= 0.6 is 15.9 Å². The number of hydrogen-bond donors (Lipinski definition) is 1. The number of rotatable bonds is 3. The van der Waals surface area contributed by atoms with Crippen molar-refractivity contribution < 1.29 is 4.74 Å². The van der Waals surface area contributed by atoms with Crippen LogP contribution in [0.2, 0.25) is 0 Å². The van der Waals surface area contributed by atoms with Crippen molar-refractivity contribution in [2.24, 2.45) is 0 Å². The maximum atomic E-state index is 6.03. The van der Waals surface area contributed by atoms with E-state index in [1.807, 2.05) is 43.3 Å². The van der Waals surface area contributed by atoms with Crippen LogP contribution in [0.15, 0.2) is 65.1 Å². The molecule has 3 aromatic rings. The smallest absolute Gasteiger partial charge is 0.121 e. The van der Waals surface area contributed by atoms with Gasteiger partial charge in [-0.1, -0.05) is 40.2 Å². The zero-order valence-electron chi connectivity index (χ0n) is 11.7. The number of ether oxygens (including phenoxy) is 1. The number of hydrogen-bond acceptors (Lipinski definition) is 2. The summed E-state index contributed by atoms with van der Waals surface area (Å²) in [6, 6.07) is 20.1. The molecule has 2 N–H and O–H groups in total. The van der Waals surface area contributed by atoms with E-state index in [4.69, 9.17) is 10.5 Å². The van der Waals surface area contributed by atoms with E-state index >= 15 is 0 Å². The molecule has 0 aromatic heterocycles. The number of nitrogen functional groups attached to an aromatic ring is 1. The Hall–Kier alpha value is -2.00. The molecule has 1 atom stereocenters. The van der Waals surface area contributed by atoms with Gasteiger partial charge in [0.05, 0.1) is 0 Å². The van der Waals surface area contributed by atoms with Crippen LogP contribution in [-0.2, 0) is 0 Å². The summed E-state index contributed by atoms with van der Waals surface area (Å²) in [7, 11) is 0. The standard InChI is InChI=1S/C18H16BrNO/c1-12(13-3-2-4-17(20)10-13)21-18-8-6-14-9-16(19)7-5-15(14)11-18/h2-12H,20H2,1H3. The van der Waals surface area contributed by atoms with Crippen molar-refractivity contribution in [1.29, 1.82) is 0 Å². The number of anilines is 1. The third kappa shape index (κ3) is 3.19. The second-order valence-electron chi connectivity index (χ2n) is 5.08. The molecule has 0 radical (unpaired) electrons. The van der Waals surface area contributed by atoms with Crippen molar-refractivity contribution in [2.75, 3.05) is 5.73 Å². The lowest BCUT2D eigenvalue weighted by Gasteiger charge is -2.16. The Morgan fingerprint density at radius 1 is 0.952 bits per heavy atom. The topological polar surface area (TPSA) is 35.2 Å². The third-order valence-electron chi connectivity index (χ3n) is 3.47. The van der Waals surface area contributed by atoms with Crippen molar-refractivity contribution in [3.05, 3.63) is 70.7 Å².